The summed E-state index contributed by atoms with van der Waals surface area (Å²) >= 11 is 0. The molecule has 1 aromatic heterocycles. The molecule has 0 radical (unpaired) electrons. The molecule has 0 aliphatic rings. The number of carbonyl (C=O) groups is 3. The molecule has 0 saturated heterocycles. The predicted molar refractivity (Wildman–Crippen MR) is 97.5 cm³/mol. The lowest BCUT2D eigenvalue weighted by Crippen LogP contribution is -2.22. The minimum absolute atomic E-state index is 0.110. The number of hydrogen-bond donors (Lipinski definition) is 1. The van der Waals surface area contributed by atoms with Crippen molar-refractivity contribution in [2.75, 3.05) is 18.5 Å². The summed E-state index contributed by atoms with van der Waals surface area (Å²) in [5.74, 6) is -2.02. The Bertz CT molecular complexity index is 977. The maximum Gasteiger partial charge on any atom is 0.376 e. The first-order valence-corrected chi connectivity index (χ1v) is 8.30. The van der Waals surface area contributed by atoms with Crippen molar-refractivity contribution in [1.29, 1.82) is 0 Å². The number of esters is 2. The first kappa shape index (κ1) is 18.2. The van der Waals surface area contributed by atoms with Gasteiger partial charge in [-0.1, -0.05) is 30.3 Å². The molecule has 1 heterocycles. The third-order valence-corrected chi connectivity index (χ3v) is 3.66. The zero-order chi connectivity index (χ0) is 19.2. The molecule has 7 heteroatoms. The minimum Gasteiger partial charge on any atom is -0.460 e. The summed E-state index contributed by atoms with van der Waals surface area (Å²) in [4.78, 5) is 36.3. The Morgan fingerprint density at radius 2 is 1.63 bits per heavy atom. The molecule has 2 aromatic carbocycles. The highest BCUT2D eigenvalue weighted by molar-refractivity contribution is 6.09. The second-order valence-electron chi connectivity index (χ2n) is 5.51. The summed E-state index contributed by atoms with van der Waals surface area (Å²) in [5, 5.41) is 3.11. The number of fused-ring (bicyclic) bond motifs is 1. The minimum atomic E-state index is -0.690. The van der Waals surface area contributed by atoms with Crippen molar-refractivity contribution in [3.05, 3.63) is 65.9 Å². The number of nitrogens with one attached hydrogen (secondary N) is 1. The molecule has 1 N–H and O–H groups in total. The standard InChI is InChI=1S/C20H17NO6/c1-2-25-20(24)18-17(14-10-6-7-11-15(14)27-18)21-16(22)12-26-19(23)13-8-4-3-5-9-13/h3-11H,2,12H2,1H3,(H,21,22). The number of ether oxygens (including phenoxy) is 2. The molecule has 0 bridgehead atoms. The Morgan fingerprint density at radius 1 is 0.926 bits per heavy atom. The van der Waals surface area contributed by atoms with Crippen molar-refractivity contribution in [2.45, 2.75) is 6.92 Å². The van der Waals surface area contributed by atoms with E-state index < -0.39 is 24.5 Å². The van der Waals surface area contributed by atoms with Crippen LogP contribution in [0.2, 0.25) is 0 Å². The van der Waals surface area contributed by atoms with E-state index in [4.69, 9.17) is 13.9 Å². The fourth-order valence-corrected chi connectivity index (χ4v) is 2.47. The Labute approximate surface area is 154 Å². The van der Waals surface area contributed by atoms with Gasteiger partial charge in [0.05, 0.1) is 12.2 Å². The van der Waals surface area contributed by atoms with E-state index in [9.17, 15) is 14.4 Å². The summed E-state index contributed by atoms with van der Waals surface area (Å²) < 4.78 is 15.5. The number of para-hydroxylation sites is 1. The molecule has 0 aliphatic heterocycles. The topological polar surface area (TPSA) is 94.8 Å². The number of benzene rings is 2. The predicted octanol–water partition coefficient (Wildman–Crippen LogP) is 3.41. The molecule has 0 unspecified atom stereocenters. The highest BCUT2D eigenvalue weighted by Gasteiger charge is 2.23. The quantitative estimate of drug-likeness (QED) is 0.671. The molecule has 0 saturated carbocycles. The number of hydrogen-bond acceptors (Lipinski definition) is 6. The van der Waals surface area contributed by atoms with Gasteiger partial charge >= 0.3 is 11.9 Å². The highest BCUT2D eigenvalue weighted by atomic mass is 16.5. The number of anilines is 1. The summed E-state index contributed by atoms with van der Waals surface area (Å²) in [5.41, 5.74) is 0.952. The fraction of sp³-hybridized carbons (Fsp3) is 0.150. The number of furan rings is 1. The monoisotopic (exact) mass is 367 g/mol. The third kappa shape index (κ3) is 4.14. The summed E-state index contributed by atoms with van der Waals surface area (Å²) in [6.45, 7) is 1.33. The van der Waals surface area contributed by atoms with Crippen LogP contribution in [0.15, 0.2) is 59.0 Å². The van der Waals surface area contributed by atoms with Gasteiger partial charge in [-0.25, -0.2) is 9.59 Å². The highest BCUT2D eigenvalue weighted by Crippen LogP contribution is 2.31. The van der Waals surface area contributed by atoms with Gasteiger partial charge in [0, 0.05) is 5.39 Å². The summed E-state index contributed by atoms with van der Waals surface area (Å²) in [6.07, 6.45) is 0. The van der Waals surface area contributed by atoms with Crippen molar-refractivity contribution in [3.63, 3.8) is 0 Å². The van der Waals surface area contributed by atoms with Gasteiger partial charge < -0.3 is 19.2 Å². The van der Waals surface area contributed by atoms with Crippen LogP contribution in [0.25, 0.3) is 11.0 Å². The van der Waals surface area contributed by atoms with Crippen LogP contribution in [0.1, 0.15) is 27.8 Å². The van der Waals surface area contributed by atoms with Crippen LogP contribution in [0.4, 0.5) is 5.69 Å². The van der Waals surface area contributed by atoms with E-state index in [1.807, 2.05) is 0 Å². The molecule has 0 aliphatic carbocycles. The van der Waals surface area contributed by atoms with Gasteiger partial charge in [0.25, 0.3) is 5.91 Å². The van der Waals surface area contributed by atoms with Gasteiger partial charge in [-0.15, -0.1) is 0 Å². The van der Waals surface area contributed by atoms with E-state index in [0.29, 0.717) is 16.5 Å². The van der Waals surface area contributed by atoms with Crippen molar-refractivity contribution in [1.82, 2.24) is 0 Å². The van der Waals surface area contributed by atoms with Gasteiger partial charge in [0.15, 0.2) is 6.61 Å². The van der Waals surface area contributed by atoms with Crippen LogP contribution in [0.3, 0.4) is 0 Å². The van der Waals surface area contributed by atoms with E-state index in [1.54, 1.807) is 61.5 Å². The Hall–Kier alpha value is -3.61. The molecule has 0 spiro atoms. The van der Waals surface area contributed by atoms with Crippen molar-refractivity contribution < 1.29 is 28.3 Å². The van der Waals surface area contributed by atoms with E-state index in [0.717, 1.165) is 0 Å². The van der Waals surface area contributed by atoms with Gasteiger partial charge in [-0.05, 0) is 31.2 Å². The Balaban J connectivity index is 1.75. The molecule has 0 fully saturated rings. The van der Waals surface area contributed by atoms with Gasteiger partial charge in [0.2, 0.25) is 5.76 Å². The van der Waals surface area contributed by atoms with Gasteiger partial charge in [0.1, 0.15) is 11.3 Å². The van der Waals surface area contributed by atoms with E-state index in [-0.39, 0.29) is 18.1 Å². The smallest absolute Gasteiger partial charge is 0.376 e. The molecule has 3 aromatic rings. The Morgan fingerprint density at radius 3 is 2.37 bits per heavy atom. The van der Waals surface area contributed by atoms with Gasteiger partial charge in [-0.2, -0.15) is 0 Å². The first-order valence-electron chi connectivity index (χ1n) is 8.30. The molecule has 138 valence electrons. The van der Waals surface area contributed by atoms with E-state index in [2.05, 4.69) is 5.32 Å². The number of amides is 1. The van der Waals surface area contributed by atoms with E-state index in [1.165, 1.54) is 0 Å². The first-order chi connectivity index (χ1) is 13.1. The lowest BCUT2D eigenvalue weighted by atomic mass is 10.2. The summed E-state index contributed by atoms with van der Waals surface area (Å²) in [6, 6.07) is 15.2. The van der Waals surface area contributed by atoms with Crippen LogP contribution < -0.4 is 5.32 Å². The lowest BCUT2D eigenvalue weighted by Gasteiger charge is -2.07. The SMILES string of the molecule is CCOC(=O)c1oc2ccccc2c1NC(=O)COC(=O)c1ccccc1. The second-order valence-corrected chi connectivity index (χ2v) is 5.51. The Kier molecular flexibility index (Phi) is 5.51. The van der Waals surface area contributed by atoms with Gasteiger partial charge in [-0.3, -0.25) is 4.79 Å². The van der Waals surface area contributed by atoms with Crippen LogP contribution in [-0.2, 0) is 14.3 Å². The molecule has 7 nitrogen and oxygen atoms in total. The van der Waals surface area contributed by atoms with E-state index >= 15 is 0 Å². The largest absolute Gasteiger partial charge is 0.460 e. The van der Waals surface area contributed by atoms with Crippen LogP contribution in [0.5, 0.6) is 0 Å². The third-order valence-electron chi connectivity index (χ3n) is 3.66. The van der Waals surface area contributed by atoms with Crippen LogP contribution in [-0.4, -0.2) is 31.1 Å². The summed E-state index contributed by atoms with van der Waals surface area (Å²) in [7, 11) is 0. The van der Waals surface area contributed by atoms with Crippen molar-refractivity contribution in [3.8, 4) is 0 Å². The molecule has 0 atom stereocenters. The zero-order valence-electron chi connectivity index (χ0n) is 14.6. The molecular formula is C20H17NO6. The molecular weight excluding hydrogens is 350 g/mol. The number of rotatable bonds is 6. The average Bonchev–Trinajstić information content (AvgIpc) is 3.05. The molecule has 1 amide bonds. The number of carbonyl (C=O) groups excluding carboxylic acids is 3. The van der Waals surface area contributed by atoms with Crippen LogP contribution >= 0.6 is 0 Å². The molecule has 27 heavy (non-hydrogen) atoms. The maximum atomic E-state index is 12.2. The van der Waals surface area contributed by atoms with Crippen molar-refractivity contribution in [2.24, 2.45) is 0 Å². The molecule has 3 rings (SSSR count). The lowest BCUT2D eigenvalue weighted by molar-refractivity contribution is -0.119. The van der Waals surface area contributed by atoms with Crippen LogP contribution in [0, 0.1) is 0 Å². The average molecular weight is 367 g/mol. The second kappa shape index (κ2) is 8.18. The normalized spacial score (nSPS) is 10.4. The zero-order valence-corrected chi connectivity index (χ0v) is 14.6. The maximum absolute atomic E-state index is 12.2. The van der Waals surface area contributed by atoms with Crippen molar-refractivity contribution >= 4 is 34.5 Å². The fourth-order valence-electron chi connectivity index (χ4n) is 2.47.